The van der Waals surface area contributed by atoms with Gasteiger partial charge in [0, 0.05) is 36.7 Å². The van der Waals surface area contributed by atoms with Crippen LogP contribution in [0.1, 0.15) is 77.9 Å². The monoisotopic (exact) mass is 922 g/mol. The van der Waals surface area contributed by atoms with Gasteiger partial charge in [-0.05, 0) is 95.3 Å². The SMILES string of the molecule is C=CCOC12Oc3ccc(Oc4cccc(C=O)c4)cc3C3C(CCCCO)C(CCCCO)C=C(C(=NOC)CC1N(Cc1cccc4ccccc14)C(=O)OCCOCc1ccccc1)C32. The third-order valence-corrected chi connectivity index (χ3v) is 13.5. The number of oxime groups is 1. The molecule has 12 heteroatoms. The van der Waals surface area contributed by atoms with Gasteiger partial charge in [0.15, 0.2) is 0 Å². The second-order valence-corrected chi connectivity index (χ2v) is 17.7. The van der Waals surface area contributed by atoms with Crippen LogP contribution >= 0.6 is 0 Å². The summed E-state index contributed by atoms with van der Waals surface area (Å²) in [6.45, 7) is 5.04. The summed E-state index contributed by atoms with van der Waals surface area (Å²) >= 11 is 0. The molecule has 1 heterocycles. The first-order valence-corrected chi connectivity index (χ1v) is 23.8. The Morgan fingerprint density at radius 2 is 1.65 bits per heavy atom. The molecule has 0 bridgehead atoms. The maximum absolute atomic E-state index is 15.1. The van der Waals surface area contributed by atoms with E-state index in [9.17, 15) is 15.0 Å². The van der Waals surface area contributed by atoms with Crippen molar-refractivity contribution in [2.45, 2.75) is 75.8 Å². The fourth-order valence-electron chi connectivity index (χ4n) is 10.6. The molecular formula is C56H62N2O10. The van der Waals surface area contributed by atoms with Gasteiger partial charge in [0.25, 0.3) is 0 Å². The summed E-state index contributed by atoms with van der Waals surface area (Å²) in [5, 5.41) is 26.8. The number of fused-ring (bicyclic) bond motifs is 3. The Kier molecular flexibility index (Phi) is 16.4. The van der Waals surface area contributed by atoms with Crippen molar-refractivity contribution in [3.05, 3.63) is 162 Å². The maximum Gasteiger partial charge on any atom is 0.410 e. The Bertz CT molecular complexity index is 2560. The van der Waals surface area contributed by atoms with Gasteiger partial charge in [0.1, 0.15) is 43.3 Å². The Morgan fingerprint density at radius 1 is 0.882 bits per heavy atom. The lowest BCUT2D eigenvalue weighted by molar-refractivity contribution is -0.256. The van der Waals surface area contributed by atoms with Crippen molar-refractivity contribution in [2.24, 2.45) is 22.9 Å². The zero-order valence-corrected chi connectivity index (χ0v) is 38.7. The first kappa shape index (κ1) is 48.2. The number of unbranched alkanes of at least 4 members (excludes halogenated alkanes) is 2. The van der Waals surface area contributed by atoms with Crippen LogP contribution in [0.5, 0.6) is 17.2 Å². The molecule has 356 valence electrons. The number of benzene rings is 5. The smallest absolute Gasteiger partial charge is 0.410 e. The van der Waals surface area contributed by atoms with Crippen LogP contribution in [0.3, 0.4) is 0 Å². The highest BCUT2D eigenvalue weighted by Crippen LogP contribution is 2.62. The van der Waals surface area contributed by atoms with Gasteiger partial charge in [0.2, 0.25) is 5.79 Å². The molecule has 12 nitrogen and oxygen atoms in total. The minimum Gasteiger partial charge on any atom is -0.459 e. The van der Waals surface area contributed by atoms with E-state index >= 15 is 4.79 Å². The highest BCUT2D eigenvalue weighted by molar-refractivity contribution is 6.03. The van der Waals surface area contributed by atoms with Gasteiger partial charge >= 0.3 is 6.09 Å². The van der Waals surface area contributed by atoms with Crippen LogP contribution in [0.15, 0.2) is 145 Å². The van der Waals surface area contributed by atoms with E-state index in [1.807, 2.05) is 78.9 Å². The molecule has 0 spiro atoms. The summed E-state index contributed by atoms with van der Waals surface area (Å²) in [4.78, 5) is 34.2. The molecule has 0 aromatic heterocycles. The normalized spacial score (nSPS) is 22.0. The molecule has 68 heavy (non-hydrogen) atoms. The van der Waals surface area contributed by atoms with Crippen LogP contribution < -0.4 is 9.47 Å². The average Bonchev–Trinajstić information content (AvgIpc) is 3.36. The van der Waals surface area contributed by atoms with Crippen molar-refractivity contribution in [1.82, 2.24) is 4.90 Å². The number of aldehydes is 1. The highest BCUT2D eigenvalue weighted by Gasteiger charge is 2.65. The van der Waals surface area contributed by atoms with Gasteiger partial charge in [0.05, 0.1) is 38.0 Å². The van der Waals surface area contributed by atoms with Gasteiger partial charge in [-0.3, -0.25) is 9.69 Å². The number of rotatable bonds is 23. The molecule has 2 N–H and O–H groups in total. The zero-order chi connectivity index (χ0) is 47.3. The molecule has 5 aromatic carbocycles. The van der Waals surface area contributed by atoms with E-state index in [1.54, 1.807) is 29.2 Å². The largest absolute Gasteiger partial charge is 0.459 e. The molecule has 1 aliphatic heterocycles. The first-order chi connectivity index (χ1) is 33.4. The molecule has 1 saturated carbocycles. The summed E-state index contributed by atoms with van der Waals surface area (Å²) in [5.41, 5.74) is 4.90. The second-order valence-electron chi connectivity index (χ2n) is 17.7. The van der Waals surface area contributed by atoms with Crippen molar-refractivity contribution in [3.8, 4) is 17.2 Å². The first-order valence-electron chi connectivity index (χ1n) is 23.8. The quantitative estimate of drug-likeness (QED) is 0.0281. The van der Waals surface area contributed by atoms with Crippen LogP contribution in [0.25, 0.3) is 10.8 Å². The molecule has 0 saturated heterocycles. The summed E-state index contributed by atoms with van der Waals surface area (Å²) in [5.74, 6) is -0.633. The fourth-order valence-corrected chi connectivity index (χ4v) is 10.6. The zero-order valence-electron chi connectivity index (χ0n) is 38.7. The predicted molar refractivity (Wildman–Crippen MR) is 261 cm³/mol. The molecule has 6 atom stereocenters. The standard InChI is InChI=1S/C56H62N2O10/c1-3-29-66-56-52(58(36-43-21-14-20-41-18-7-8-23-46(41)43)55(62)65-31-30-64-38-39-15-5-4-6-16-39)35-50(57-63-2)48-33-42(19-9-11-27-59)47(24-10-12-28-60)53(54(48)56)49-34-45(25-26-51(49)68-56)67-44-22-13-17-40(32-44)37-61/h3-8,13-18,20-23,25-26,32-34,37,42,47,52-54,59-60H,1,9-12,19,24,27-31,35-36,38H2,2H3. The minimum atomic E-state index is -1.51. The molecule has 3 aliphatic rings. The molecule has 6 unspecified atom stereocenters. The molecule has 5 aromatic rings. The summed E-state index contributed by atoms with van der Waals surface area (Å²) in [7, 11) is 1.53. The second kappa shape index (κ2) is 23.1. The van der Waals surface area contributed by atoms with E-state index in [2.05, 4.69) is 30.9 Å². The number of nitrogens with zero attached hydrogens (tertiary/aromatic N) is 2. The van der Waals surface area contributed by atoms with E-state index < -0.39 is 23.8 Å². The molecular weight excluding hydrogens is 861 g/mol. The van der Waals surface area contributed by atoms with E-state index in [-0.39, 0.29) is 63.8 Å². The lowest BCUT2D eigenvalue weighted by Gasteiger charge is -2.59. The molecule has 1 fully saturated rings. The number of amides is 1. The predicted octanol–water partition coefficient (Wildman–Crippen LogP) is 10.6. The fraction of sp³-hybridized carbons (Fsp3) is 0.375. The van der Waals surface area contributed by atoms with E-state index in [4.69, 9.17) is 33.7 Å². The van der Waals surface area contributed by atoms with Gasteiger partial charge in [-0.15, -0.1) is 6.58 Å². The molecule has 1 amide bonds. The number of ether oxygens (including phenoxy) is 5. The van der Waals surface area contributed by atoms with E-state index in [1.165, 1.54) is 7.11 Å². The lowest BCUT2D eigenvalue weighted by atomic mass is 9.55. The van der Waals surface area contributed by atoms with Crippen molar-refractivity contribution in [1.29, 1.82) is 0 Å². The van der Waals surface area contributed by atoms with Crippen LogP contribution in [-0.4, -0.2) is 85.2 Å². The number of aliphatic hydroxyl groups excluding tert-OH is 2. The Labute approximate surface area is 398 Å². The lowest BCUT2D eigenvalue weighted by Crippen LogP contribution is -2.70. The highest BCUT2D eigenvalue weighted by atomic mass is 16.7. The number of hydrogen-bond acceptors (Lipinski definition) is 11. The van der Waals surface area contributed by atoms with E-state index in [0.29, 0.717) is 48.0 Å². The molecule has 0 radical (unpaired) electrons. The third kappa shape index (κ3) is 10.7. The average molecular weight is 923 g/mol. The molecule has 8 rings (SSSR count). The van der Waals surface area contributed by atoms with Gasteiger partial charge in [-0.25, -0.2) is 4.79 Å². The third-order valence-electron chi connectivity index (χ3n) is 13.5. The number of carbonyl (C=O) groups excluding carboxylic acids is 2. The number of allylic oxidation sites excluding steroid dienone is 1. The minimum absolute atomic E-state index is 0.000216. The molecule has 2 aliphatic carbocycles. The Balaban J connectivity index is 1.28. The van der Waals surface area contributed by atoms with Crippen LogP contribution in [0, 0.1) is 17.8 Å². The Morgan fingerprint density at radius 3 is 2.44 bits per heavy atom. The maximum atomic E-state index is 15.1. The summed E-state index contributed by atoms with van der Waals surface area (Å²) in [6, 6.07) is 36.0. The van der Waals surface area contributed by atoms with Gasteiger partial charge < -0.3 is 38.7 Å². The van der Waals surface area contributed by atoms with Gasteiger partial charge in [-0.2, -0.15) is 0 Å². The van der Waals surface area contributed by atoms with Crippen LogP contribution in [0.4, 0.5) is 4.79 Å². The number of aliphatic hydroxyl groups is 2. The number of hydrogen-bond donors (Lipinski definition) is 2. The van der Waals surface area contributed by atoms with Crippen molar-refractivity contribution < 1.29 is 48.3 Å². The summed E-state index contributed by atoms with van der Waals surface area (Å²) in [6.07, 6.45) is 8.85. The Hall–Kier alpha value is -6.31. The van der Waals surface area contributed by atoms with Crippen molar-refractivity contribution in [3.63, 3.8) is 0 Å². The van der Waals surface area contributed by atoms with Gasteiger partial charge in [-0.1, -0.05) is 115 Å². The van der Waals surface area contributed by atoms with E-state index in [0.717, 1.165) is 65.0 Å². The number of carbonyl (C=O) groups is 2. The van der Waals surface area contributed by atoms with Crippen LogP contribution in [-0.2, 0) is 32.2 Å². The van der Waals surface area contributed by atoms with Crippen molar-refractivity contribution in [2.75, 3.05) is 40.1 Å². The summed E-state index contributed by atoms with van der Waals surface area (Å²) < 4.78 is 33.2. The van der Waals surface area contributed by atoms with Crippen molar-refractivity contribution >= 4 is 28.9 Å². The van der Waals surface area contributed by atoms with Crippen LogP contribution in [0.2, 0.25) is 0 Å². The topological polar surface area (TPSA) is 146 Å².